The first-order valence-electron chi connectivity index (χ1n) is 10.1. The molecule has 0 radical (unpaired) electrons. The molecule has 0 bridgehead atoms. The number of esters is 1. The minimum atomic E-state index is -0.472. The van der Waals surface area contributed by atoms with Crippen LogP contribution in [0, 0.1) is 10.1 Å². The first-order valence-corrected chi connectivity index (χ1v) is 10.1. The standard InChI is InChI=1S/C22H26N4O5/c1-16-15-25(19-7-3-17(4-8-19)22(28)31-2)14-13-24(16)12-11-21(27)23-18-5-9-20(10-6-18)26(29)30/h3-10,16H,11-15H2,1-2H3,(H,23,27). The zero-order valence-corrected chi connectivity index (χ0v) is 17.6. The van der Waals surface area contributed by atoms with Gasteiger partial charge in [-0.1, -0.05) is 0 Å². The summed E-state index contributed by atoms with van der Waals surface area (Å²) in [7, 11) is 1.36. The average molecular weight is 426 g/mol. The number of carbonyl (C=O) groups excluding carboxylic acids is 2. The van der Waals surface area contributed by atoms with Gasteiger partial charge in [-0.3, -0.25) is 19.8 Å². The number of benzene rings is 2. The normalized spacial score (nSPS) is 16.6. The molecular formula is C22H26N4O5. The predicted octanol–water partition coefficient (Wildman–Crippen LogP) is 2.92. The number of piperazine rings is 1. The summed E-state index contributed by atoms with van der Waals surface area (Å²) in [4.78, 5) is 38.6. The van der Waals surface area contributed by atoms with Gasteiger partial charge in [0.1, 0.15) is 0 Å². The SMILES string of the molecule is COC(=O)c1ccc(N2CCN(CCC(=O)Nc3ccc([N+](=O)[O-])cc3)C(C)C2)cc1. The summed E-state index contributed by atoms with van der Waals surface area (Å²) in [5.74, 6) is -0.473. The van der Waals surface area contributed by atoms with Gasteiger partial charge in [0.05, 0.1) is 17.6 Å². The Kier molecular flexibility index (Phi) is 7.19. The van der Waals surface area contributed by atoms with Crippen LogP contribution in [0.15, 0.2) is 48.5 Å². The van der Waals surface area contributed by atoms with E-state index in [1.807, 2.05) is 12.1 Å². The number of hydrogen-bond donors (Lipinski definition) is 1. The summed E-state index contributed by atoms with van der Waals surface area (Å²) in [6.07, 6.45) is 0.342. The molecule has 1 atom stereocenters. The molecule has 1 saturated heterocycles. The van der Waals surface area contributed by atoms with E-state index in [1.54, 1.807) is 12.1 Å². The summed E-state index contributed by atoms with van der Waals surface area (Å²) in [6.45, 7) is 5.23. The molecule has 31 heavy (non-hydrogen) atoms. The number of carbonyl (C=O) groups is 2. The molecule has 9 nitrogen and oxygen atoms in total. The molecule has 3 rings (SSSR count). The topological polar surface area (TPSA) is 105 Å². The van der Waals surface area contributed by atoms with Gasteiger partial charge in [0.25, 0.3) is 5.69 Å². The van der Waals surface area contributed by atoms with Crippen molar-refractivity contribution in [2.75, 3.05) is 43.5 Å². The molecule has 1 amide bonds. The fraction of sp³-hybridized carbons (Fsp3) is 0.364. The molecule has 0 saturated carbocycles. The van der Waals surface area contributed by atoms with E-state index in [4.69, 9.17) is 4.74 Å². The fourth-order valence-corrected chi connectivity index (χ4v) is 3.62. The minimum Gasteiger partial charge on any atom is -0.465 e. The quantitative estimate of drug-likeness (QED) is 0.412. The highest BCUT2D eigenvalue weighted by atomic mass is 16.6. The van der Waals surface area contributed by atoms with E-state index in [1.165, 1.54) is 31.4 Å². The Balaban J connectivity index is 1.47. The maximum Gasteiger partial charge on any atom is 0.337 e. The summed E-state index contributed by atoms with van der Waals surface area (Å²) >= 11 is 0. The monoisotopic (exact) mass is 426 g/mol. The first kappa shape index (κ1) is 22.2. The van der Waals surface area contributed by atoms with Gasteiger partial charge in [-0.15, -0.1) is 0 Å². The maximum absolute atomic E-state index is 12.3. The van der Waals surface area contributed by atoms with Gasteiger partial charge in [0, 0.05) is 62.1 Å². The summed E-state index contributed by atoms with van der Waals surface area (Å²) in [6, 6.07) is 13.4. The van der Waals surface area contributed by atoms with E-state index in [2.05, 4.69) is 22.0 Å². The number of nitro benzene ring substituents is 1. The number of nitrogens with zero attached hydrogens (tertiary/aromatic N) is 3. The lowest BCUT2D eigenvalue weighted by atomic mass is 10.1. The van der Waals surface area contributed by atoms with Gasteiger partial charge < -0.3 is 15.0 Å². The minimum absolute atomic E-state index is 0.00960. The Morgan fingerprint density at radius 2 is 1.81 bits per heavy atom. The molecule has 1 aliphatic heterocycles. The summed E-state index contributed by atoms with van der Waals surface area (Å²) in [5.41, 5.74) is 2.11. The van der Waals surface area contributed by atoms with Crippen molar-refractivity contribution < 1.29 is 19.2 Å². The van der Waals surface area contributed by atoms with Crippen LogP contribution in [0.3, 0.4) is 0 Å². The number of anilines is 2. The van der Waals surface area contributed by atoms with Crippen molar-refractivity contribution >= 4 is 28.9 Å². The molecule has 9 heteroatoms. The van der Waals surface area contributed by atoms with E-state index in [0.29, 0.717) is 24.2 Å². The van der Waals surface area contributed by atoms with Crippen LogP contribution in [0.5, 0.6) is 0 Å². The van der Waals surface area contributed by atoms with Crippen LogP contribution in [0.25, 0.3) is 0 Å². The average Bonchev–Trinajstić information content (AvgIpc) is 2.78. The van der Waals surface area contributed by atoms with Crippen molar-refractivity contribution in [1.82, 2.24) is 4.90 Å². The summed E-state index contributed by atoms with van der Waals surface area (Å²) < 4.78 is 4.73. The molecule has 1 fully saturated rings. The lowest BCUT2D eigenvalue weighted by Crippen LogP contribution is -2.52. The number of hydrogen-bond acceptors (Lipinski definition) is 7. The fourth-order valence-electron chi connectivity index (χ4n) is 3.62. The van der Waals surface area contributed by atoms with Crippen molar-refractivity contribution in [2.24, 2.45) is 0 Å². The van der Waals surface area contributed by atoms with Crippen molar-refractivity contribution in [3.05, 3.63) is 64.2 Å². The maximum atomic E-state index is 12.3. The van der Waals surface area contributed by atoms with Crippen molar-refractivity contribution in [2.45, 2.75) is 19.4 Å². The number of nitrogens with one attached hydrogen (secondary N) is 1. The van der Waals surface area contributed by atoms with Crippen LogP contribution in [-0.4, -0.2) is 61.0 Å². The molecule has 1 aliphatic rings. The molecule has 1 unspecified atom stereocenters. The van der Waals surface area contributed by atoms with E-state index in [-0.39, 0.29) is 23.6 Å². The number of non-ortho nitro benzene ring substituents is 1. The second kappa shape index (κ2) is 10.0. The van der Waals surface area contributed by atoms with Gasteiger partial charge in [-0.25, -0.2) is 4.79 Å². The Morgan fingerprint density at radius 3 is 2.39 bits per heavy atom. The van der Waals surface area contributed by atoms with Crippen LogP contribution < -0.4 is 10.2 Å². The van der Waals surface area contributed by atoms with Crippen LogP contribution in [0.2, 0.25) is 0 Å². The van der Waals surface area contributed by atoms with Gasteiger partial charge in [0.15, 0.2) is 0 Å². The van der Waals surface area contributed by atoms with E-state index >= 15 is 0 Å². The zero-order chi connectivity index (χ0) is 22.4. The molecule has 2 aromatic rings. The van der Waals surface area contributed by atoms with Gasteiger partial charge >= 0.3 is 5.97 Å². The number of amides is 1. The van der Waals surface area contributed by atoms with Crippen molar-refractivity contribution in [3.8, 4) is 0 Å². The Morgan fingerprint density at radius 1 is 1.13 bits per heavy atom. The number of rotatable bonds is 7. The highest BCUT2D eigenvalue weighted by Gasteiger charge is 2.24. The van der Waals surface area contributed by atoms with Crippen molar-refractivity contribution in [3.63, 3.8) is 0 Å². The van der Waals surface area contributed by atoms with Crippen molar-refractivity contribution in [1.29, 1.82) is 0 Å². The predicted molar refractivity (Wildman–Crippen MR) is 117 cm³/mol. The number of nitro groups is 1. The van der Waals surface area contributed by atoms with Crippen LogP contribution in [0.1, 0.15) is 23.7 Å². The zero-order valence-electron chi connectivity index (χ0n) is 17.6. The molecule has 1 N–H and O–H groups in total. The molecule has 2 aromatic carbocycles. The van der Waals surface area contributed by atoms with Gasteiger partial charge in [-0.2, -0.15) is 0 Å². The molecule has 0 aliphatic carbocycles. The Hall–Kier alpha value is -3.46. The molecule has 0 spiro atoms. The van der Waals surface area contributed by atoms with Crippen LogP contribution in [-0.2, 0) is 9.53 Å². The molecule has 0 aromatic heterocycles. The lowest BCUT2D eigenvalue weighted by molar-refractivity contribution is -0.384. The first-order chi connectivity index (χ1) is 14.9. The Labute approximate surface area is 180 Å². The highest BCUT2D eigenvalue weighted by molar-refractivity contribution is 5.91. The van der Waals surface area contributed by atoms with Crippen LogP contribution >= 0.6 is 0 Å². The third-order valence-corrected chi connectivity index (χ3v) is 5.41. The third kappa shape index (κ3) is 5.79. The molecule has 1 heterocycles. The number of ether oxygens (including phenoxy) is 1. The lowest BCUT2D eigenvalue weighted by Gasteiger charge is -2.41. The third-order valence-electron chi connectivity index (χ3n) is 5.41. The highest BCUT2D eigenvalue weighted by Crippen LogP contribution is 2.21. The Bertz CT molecular complexity index is 930. The second-order valence-electron chi connectivity index (χ2n) is 7.47. The van der Waals surface area contributed by atoms with Gasteiger partial charge in [-0.05, 0) is 43.3 Å². The smallest absolute Gasteiger partial charge is 0.337 e. The molecule has 164 valence electrons. The van der Waals surface area contributed by atoms with Gasteiger partial charge in [0.2, 0.25) is 5.91 Å². The van der Waals surface area contributed by atoms with E-state index in [9.17, 15) is 19.7 Å². The van der Waals surface area contributed by atoms with E-state index in [0.717, 1.165) is 25.3 Å². The largest absolute Gasteiger partial charge is 0.465 e. The van der Waals surface area contributed by atoms with E-state index < -0.39 is 4.92 Å². The van der Waals surface area contributed by atoms with Crippen LogP contribution in [0.4, 0.5) is 17.1 Å². The summed E-state index contributed by atoms with van der Waals surface area (Å²) in [5, 5.41) is 13.5. The second-order valence-corrected chi connectivity index (χ2v) is 7.47. The molecular weight excluding hydrogens is 400 g/mol. The number of methoxy groups -OCH3 is 1.